The standard InChI is InChI=1S/C15H21N3O/c1-12(13-6-2-3-7-13)10-17-15(19)18-11-14-8-4-5-9-16-14/h4-5,8-10,13H,2-3,6-7,11H2,1H3,(H2,17,18,19)/b12-10+. The van der Waals surface area contributed by atoms with Gasteiger partial charge in [0.15, 0.2) is 0 Å². The van der Waals surface area contributed by atoms with Crippen LogP contribution in [0.25, 0.3) is 0 Å². The normalized spacial score (nSPS) is 16.4. The van der Waals surface area contributed by atoms with Crippen molar-refractivity contribution in [2.24, 2.45) is 5.92 Å². The molecule has 0 aliphatic heterocycles. The minimum Gasteiger partial charge on any atom is -0.332 e. The lowest BCUT2D eigenvalue weighted by Gasteiger charge is -2.10. The van der Waals surface area contributed by atoms with E-state index < -0.39 is 0 Å². The molecular formula is C15H21N3O. The van der Waals surface area contributed by atoms with Crippen LogP contribution in [-0.4, -0.2) is 11.0 Å². The maximum Gasteiger partial charge on any atom is 0.319 e. The number of aromatic nitrogens is 1. The Hall–Kier alpha value is -1.84. The molecular weight excluding hydrogens is 238 g/mol. The van der Waals surface area contributed by atoms with Crippen LogP contribution in [0.15, 0.2) is 36.2 Å². The highest BCUT2D eigenvalue weighted by Crippen LogP contribution is 2.30. The third-order valence-corrected chi connectivity index (χ3v) is 3.59. The largest absolute Gasteiger partial charge is 0.332 e. The summed E-state index contributed by atoms with van der Waals surface area (Å²) in [6, 6.07) is 5.48. The van der Waals surface area contributed by atoms with Gasteiger partial charge in [-0.15, -0.1) is 0 Å². The summed E-state index contributed by atoms with van der Waals surface area (Å²) < 4.78 is 0. The van der Waals surface area contributed by atoms with Crippen molar-refractivity contribution in [3.05, 3.63) is 41.9 Å². The molecule has 1 aliphatic rings. The number of hydrogen-bond acceptors (Lipinski definition) is 2. The molecule has 1 aromatic rings. The number of urea groups is 1. The van der Waals surface area contributed by atoms with E-state index in [9.17, 15) is 4.79 Å². The van der Waals surface area contributed by atoms with E-state index in [0.29, 0.717) is 12.5 Å². The van der Waals surface area contributed by atoms with Gasteiger partial charge >= 0.3 is 6.03 Å². The second kappa shape index (κ2) is 6.92. The van der Waals surface area contributed by atoms with E-state index in [0.717, 1.165) is 5.69 Å². The van der Waals surface area contributed by atoms with Gasteiger partial charge in [-0.05, 0) is 37.8 Å². The first-order valence-corrected chi connectivity index (χ1v) is 6.86. The van der Waals surface area contributed by atoms with Crippen LogP contribution in [-0.2, 0) is 6.54 Å². The molecule has 102 valence electrons. The van der Waals surface area contributed by atoms with Crippen molar-refractivity contribution in [3.63, 3.8) is 0 Å². The molecule has 0 atom stereocenters. The maximum absolute atomic E-state index is 11.6. The number of hydrogen-bond donors (Lipinski definition) is 2. The topological polar surface area (TPSA) is 54.0 Å². The van der Waals surface area contributed by atoms with Crippen LogP contribution in [0.1, 0.15) is 38.3 Å². The molecule has 1 aliphatic carbocycles. The van der Waals surface area contributed by atoms with Gasteiger partial charge in [0.2, 0.25) is 0 Å². The monoisotopic (exact) mass is 259 g/mol. The van der Waals surface area contributed by atoms with E-state index in [2.05, 4.69) is 22.5 Å². The predicted molar refractivity (Wildman–Crippen MR) is 75.3 cm³/mol. The number of nitrogens with one attached hydrogen (secondary N) is 2. The summed E-state index contributed by atoms with van der Waals surface area (Å²) in [7, 11) is 0. The Morgan fingerprint density at radius 2 is 2.21 bits per heavy atom. The maximum atomic E-state index is 11.6. The molecule has 0 spiro atoms. The van der Waals surface area contributed by atoms with E-state index >= 15 is 0 Å². The summed E-state index contributed by atoms with van der Waals surface area (Å²) in [6.45, 7) is 2.54. The Morgan fingerprint density at radius 3 is 2.89 bits per heavy atom. The Morgan fingerprint density at radius 1 is 1.42 bits per heavy atom. The van der Waals surface area contributed by atoms with Crippen molar-refractivity contribution in [2.45, 2.75) is 39.2 Å². The number of carbonyl (C=O) groups is 1. The van der Waals surface area contributed by atoms with Crippen LogP contribution in [0.4, 0.5) is 4.79 Å². The van der Waals surface area contributed by atoms with Crippen LogP contribution in [0.2, 0.25) is 0 Å². The van der Waals surface area contributed by atoms with Gasteiger partial charge in [-0.3, -0.25) is 4.98 Å². The van der Waals surface area contributed by atoms with Crippen LogP contribution >= 0.6 is 0 Å². The lowest BCUT2D eigenvalue weighted by Crippen LogP contribution is -2.32. The molecule has 1 saturated carbocycles. The van der Waals surface area contributed by atoms with Crippen molar-refractivity contribution in [2.75, 3.05) is 0 Å². The smallest absolute Gasteiger partial charge is 0.319 e. The lowest BCUT2D eigenvalue weighted by atomic mass is 10.0. The van der Waals surface area contributed by atoms with Crippen molar-refractivity contribution in [1.29, 1.82) is 0 Å². The van der Waals surface area contributed by atoms with E-state index in [-0.39, 0.29) is 6.03 Å². The third kappa shape index (κ3) is 4.39. The zero-order valence-electron chi connectivity index (χ0n) is 11.4. The van der Waals surface area contributed by atoms with Crippen molar-refractivity contribution < 1.29 is 4.79 Å². The Bertz CT molecular complexity index is 436. The van der Waals surface area contributed by atoms with E-state index in [1.807, 2.05) is 24.4 Å². The molecule has 19 heavy (non-hydrogen) atoms. The number of rotatable bonds is 4. The highest BCUT2D eigenvalue weighted by atomic mass is 16.2. The van der Waals surface area contributed by atoms with Gasteiger partial charge < -0.3 is 10.6 Å². The number of pyridine rings is 1. The molecule has 2 amide bonds. The highest BCUT2D eigenvalue weighted by Gasteiger charge is 2.16. The lowest BCUT2D eigenvalue weighted by molar-refractivity contribution is 0.243. The van der Waals surface area contributed by atoms with E-state index in [1.54, 1.807) is 6.20 Å². The molecule has 4 nitrogen and oxygen atoms in total. The quantitative estimate of drug-likeness (QED) is 0.873. The molecule has 2 N–H and O–H groups in total. The van der Waals surface area contributed by atoms with Gasteiger partial charge in [0.1, 0.15) is 0 Å². The molecule has 1 fully saturated rings. The zero-order chi connectivity index (χ0) is 13.5. The fourth-order valence-corrected chi connectivity index (χ4v) is 2.40. The molecule has 2 rings (SSSR count). The van der Waals surface area contributed by atoms with E-state index in [1.165, 1.54) is 31.3 Å². The summed E-state index contributed by atoms with van der Waals surface area (Å²) in [5.74, 6) is 0.649. The second-order valence-electron chi connectivity index (χ2n) is 5.02. The summed E-state index contributed by atoms with van der Waals surface area (Å²) in [6.07, 6.45) is 8.67. The highest BCUT2D eigenvalue weighted by molar-refractivity contribution is 5.74. The average molecular weight is 259 g/mol. The number of nitrogens with zero attached hydrogens (tertiary/aromatic N) is 1. The van der Waals surface area contributed by atoms with Crippen LogP contribution in [0, 0.1) is 5.92 Å². The molecule has 1 aromatic heterocycles. The molecule has 0 aromatic carbocycles. The van der Waals surface area contributed by atoms with Gasteiger partial charge in [-0.2, -0.15) is 0 Å². The number of allylic oxidation sites excluding steroid dienone is 1. The minimum atomic E-state index is -0.178. The first-order valence-electron chi connectivity index (χ1n) is 6.86. The SMILES string of the molecule is C/C(=C\NC(=O)NCc1ccccn1)C1CCCC1. The summed E-state index contributed by atoms with van der Waals surface area (Å²) >= 11 is 0. The molecule has 0 bridgehead atoms. The third-order valence-electron chi connectivity index (χ3n) is 3.59. The fraction of sp³-hybridized carbons (Fsp3) is 0.467. The summed E-state index contributed by atoms with van der Waals surface area (Å²) in [5, 5.41) is 5.58. The van der Waals surface area contributed by atoms with Gasteiger partial charge in [-0.25, -0.2) is 4.79 Å². The minimum absolute atomic E-state index is 0.178. The van der Waals surface area contributed by atoms with Crippen molar-refractivity contribution >= 4 is 6.03 Å². The number of carbonyl (C=O) groups excluding carboxylic acids is 1. The Kier molecular flexibility index (Phi) is 4.95. The van der Waals surface area contributed by atoms with Gasteiger partial charge in [0.05, 0.1) is 12.2 Å². The predicted octanol–water partition coefficient (Wildman–Crippen LogP) is 2.97. The molecule has 0 unspecified atom stereocenters. The van der Waals surface area contributed by atoms with Crippen molar-refractivity contribution in [1.82, 2.24) is 15.6 Å². The molecule has 0 saturated heterocycles. The van der Waals surface area contributed by atoms with Gasteiger partial charge in [-0.1, -0.05) is 24.5 Å². The number of amides is 2. The molecule has 4 heteroatoms. The molecule has 1 heterocycles. The first kappa shape index (κ1) is 13.6. The Labute approximate surface area is 114 Å². The van der Waals surface area contributed by atoms with Gasteiger partial charge in [0, 0.05) is 12.4 Å². The van der Waals surface area contributed by atoms with E-state index in [4.69, 9.17) is 0 Å². The van der Waals surface area contributed by atoms with Crippen LogP contribution in [0.3, 0.4) is 0 Å². The van der Waals surface area contributed by atoms with Crippen LogP contribution < -0.4 is 10.6 Å². The summed E-state index contributed by atoms with van der Waals surface area (Å²) in [5.41, 5.74) is 2.12. The summed E-state index contributed by atoms with van der Waals surface area (Å²) in [4.78, 5) is 15.8. The van der Waals surface area contributed by atoms with Gasteiger partial charge in [0.25, 0.3) is 0 Å². The van der Waals surface area contributed by atoms with Crippen molar-refractivity contribution in [3.8, 4) is 0 Å². The second-order valence-corrected chi connectivity index (χ2v) is 5.02. The Balaban J connectivity index is 1.73. The average Bonchev–Trinajstić information content (AvgIpc) is 2.98. The van der Waals surface area contributed by atoms with Crippen LogP contribution in [0.5, 0.6) is 0 Å². The first-order chi connectivity index (χ1) is 9.25. The molecule has 0 radical (unpaired) electrons. The zero-order valence-corrected chi connectivity index (χ0v) is 11.4. The fourth-order valence-electron chi connectivity index (χ4n) is 2.40.